The van der Waals surface area contributed by atoms with Crippen LogP contribution in [0.2, 0.25) is 0 Å². The van der Waals surface area contributed by atoms with Crippen LogP contribution in [0.1, 0.15) is 39.5 Å². The highest BCUT2D eigenvalue weighted by molar-refractivity contribution is 5.66. The van der Waals surface area contributed by atoms with Crippen molar-refractivity contribution >= 4 is 5.97 Å². The summed E-state index contributed by atoms with van der Waals surface area (Å²) in [7, 11) is 1.74. The third kappa shape index (κ3) is 4.94. The fraction of sp³-hybridized carbons (Fsp3) is 0.929. The van der Waals surface area contributed by atoms with Gasteiger partial charge in [0.25, 0.3) is 0 Å². The highest BCUT2D eigenvalue weighted by Gasteiger charge is 2.27. The van der Waals surface area contributed by atoms with Gasteiger partial charge in [-0.25, -0.2) is 0 Å². The van der Waals surface area contributed by atoms with E-state index in [2.05, 4.69) is 18.7 Å². The molecule has 0 amide bonds. The average molecular weight is 257 g/mol. The van der Waals surface area contributed by atoms with E-state index in [1.165, 1.54) is 12.8 Å². The number of likely N-dealkylation sites (tertiary alicyclic amines) is 1. The van der Waals surface area contributed by atoms with Crippen molar-refractivity contribution in [3.8, 4) is 0 Å². The van der Waals surface area contributed by atoms with E-state index in [0.717, 1.165) is 26.1 Å². The van der Waals surface area contributed by atoms with Crippen LogP contribution >= 0.6 is 0 Å². The predicted molar refractivity (Wildman–Crippen MR) is 71.7 cm³/mol. The van der Waals surface area contributed by atoms with Crippen molar-refractivity contribution in [2.24, 2.45) is 11.8 Å². The fourth-order valence-electron chi connectivity index (χ4n) is 2.82. The van der Waals surface area contributed by atoms with Crippen LogP contribution in [-0.4, -0.2) is 48.8 Å². The molecule has 1 rings (SSSR count). The first kappa shape index (κ1) is 15.4. The summed E-state index contributed by atoms with van der Waals surface area (Å²) in [6.07, 6.45) is 3.70. The largest absolute Gasteiger partial charge is 0.481 e. The summed E-state index contributed by atoms with van der Waals surface area (Å²) in [6, 6.07) is 0.532. The molecule has 0 aromatic carbocycles. The summed E-state index contributed by atoms with van der Waals surface area (Å²) in [6.45, 7) is 7.29. The van der Waals surface area contributed by atoms with Crippen LogP contribution in [0.5, 0.6) is 0 Å². The average Bonchev–Trinajstić information content (AvgIpc) is 2.35. The van der Waals surface area contributed by atoms with Gasteiger partial charge in [-0.15, -0.1) is 0 Å². The number of hydrogen-bond acceptors (Lipinski definition) is 3. The minimum atomic E-state index is -0.674. The molecule has 0 aliphatic carbocycles. The van der Waals surface area contributed by atoms with Crippen molar-refractivity contribution in [2.75, 3.05) is 26.8 Å². The highest BCUT2D eigenvalue weighted by atomic mass is 16.5. The topological polar surface area (TPSA) is 49.8 Å². The van der Waals surface area contributed by atoms with Gasteiger partial charge in [-0.3, -0.25) is 4.79 Å². The summed E-state index contributed by atoms with van der Waals surface area (Å²) < 4.78 is 5.13. The predicted octanol–water partition coefficient (Wildman–Crippen LogP) is 2.23. The maximum absolute atomic E-state index is 10.8. The lowest BCUT2D eigenvalue weighted by Gasteiger charge is -2.39. The standard InChI is InChI=1S/C14H27NO3/c1-11(9-14(16)17)13-5-4-7-15(10-13)12(2)6-8-18-3/h11-13H,4-10H2,1-3H3,(H,16,17). The summed E-state index contributed by atoms with van der Waals surface area (Å²) >= 11 is 0. The lowest BCUT2D eigenvalue weighted by molar-refractivity contribution is -0.138. The van der Waals surface area contributed by atoms with E-state index < -0.39 is 5.97 Å². The molecule has 18 heavy (non-hydrogen) atoms. The van der Waals surface area contributed by atoms with Crippen LogP contribution in [0.15, 0.2) is 0 Å². The van der Waals surface area contributed by atoms with Crippen LogP contribution in [0.25, 0.3) is 0 Å². The number of rotatable bonds is 7. The molecular weight excluding hydrogens is 230 g/mol. The van der Waals surface area contributed by atoms with E-state index in [-0.39, 0.29) is 5.92 Å². The summed E-state index contributed by atoms with van der Waals surface area (Å²) in [4.78, 5) is 13.3. The second kappa shape index (κ2) is 7.74. The van der Waals surface area contributed by atoms with Crippen LogP contribution in [0.4, 0.5) is 0 Å². The molecular formula is C14H27NO3. The Hall–Kier alpha value is -0.610. The molecule has 4 heteroatoms. The molecule has 0 radical (unpaired) electrons. The van der Waals surface area contributed by atoms with Crippen molar-refractivity contribution < 1.29 is 14.6 Å². The third-order valence-electron chi connectivity index (χ3n) is 4.15. The van der Waals surface area contributed by atoms with E-state index >= 15 is 0 Å². The summed E-state index contributed by atoms with van der Waals surface area (Å²) in [5.74, 6) is 0.131. The smallest absolute Gasteiger partial charge is 0.303 e. The highest BCUT2D eigenvalue weighted by Crippen LogP contribution is 2.27. The first-order valence-electron chi connectivity index (χ1n) is 6.99. The molecule has 0 spiro atoms. The monoisotopic (exact) mass is 257 g/mol. The van der Waals surface area contributed by atoms with Crippen molar-refractivity contribution in [3.63, 3.8) is 0 Å². The Morgan fingerprint density at radius 2 is 2.22 bits per heavy atom. The molecule has 1 fully saturated rings. The van der Waals surface area contributed by atoms with Gasteiger partial charge in [-0.05, 0) is 44.6 Å². The zero-order valence-electron chi connectivity index (χ0n) is 11.9. The van der Waals surface area contributed by atoms with Gasteiger partial charge in [0.2, 0.25) is 0 Å². The Balaban J connectivity index is 2.42. The molecule has 1 heterocycles. The van der Waals surface area contributed by atoms with Gasteiger partial charge >= 0.3 is 5.97 Å². The molecule has 1 saturated heterocycles. The maximum Gasteiger partial charge on any atom is 0.303 e. The van der Waals surface area contributed by atoms with Gasteiger partial charge in [-0.2, -0.15) is 0 Å². The second-order valence-corrected chi connectivity index (χ2v) is 5.60. The Bertz CT molecular complexity index is 257. The zero-order valence-corrected chi connectivity index (χ0v) is 11.9. The molecule has 1 aliphatic rings. The SMILES string of the molecule is COCCC(C)N1CCCC(C(C)CC(=O)O)C1. The first-order chi connectivity index (χ1) is 8.54. The molecule has 1 aliphatic heterocycles. The lowest BCUT2D eigenvalue weighted by Crippen LogP contribution is -2.43. The summed E-state index contributed by atoms with van der Waals surface area (Å²) in [5.41, 5.74) is 0. The minimum Gasteiger partial charge on any atom is -0.481 e. The first-order valence-corrected chi connectivity index (χ1v) is 6.99. The van der Waals surface area contributed by atoms with Gasteiger partial charge in [0, 0.05) is 32.7 Å². The van der Waals surface area contributed by atoms with E-state index in [9.17, 15) is 4.79 Å². The normalized spacial score (nSPS) is 24.7. The quantitative estimate of drug-likeness (QED) is 0.760. The third-order valence-corrected chi connectivity index (χ3v) is 4.15. The van der Waals surface area contributed by atoms with Crippen LogP contribution < -0.4 is 0 Å². The number of piperidine rings is 1. The van der Waals surface area contributed by atoms with Gasteiger partial charge in [0.15, 0.2) is 0 Å². The lowest BCUT2D eigenvalue weighted by atomic mass is 9.84. The van der Waals surface area contributed by atoms with Gasteiger partial charge in [-0.1, -0.05) is 6.92 Å². The number of methoxy groups -OCH3 is 1. The zero-order chi connectivity index (χ0) is 13.5. The molecule has 1 N–H and O–H groups in total. The molecule has 0 aromatic heterocycles. The molecule has 4 nitrogen and oxygen atoms in total. The number of ether oxygens (including phenoxy) is 1. The number of carboxylic acids is 1. The van der Waals surface area contributed by atoms with E-state index in [1.807, 2.05) is 0 Å². The van der Waals surface area contributed by atoms with Gasteiger partial charge < -0.3 is 14.7 Å². The maximum atomic E-state index is 10.8. The summed E-state index contributed by atoms with van der Waals surface area (Å²) in [5, 5.41) is 8.88. The second-order valence-electron chi connectivity index (χ2n) is 5.60. The molecule has 0 aromatic rings. The van der Waals surface area contributed by atoms with Crippen LogP contribution in [0, 0.1) is 11.8 Å². The van der Waals surface area contributed by atoms with Crippen molar-refractivity contribution in [3.05, 3.63) is 0 Å². The molecule has 0 saturated carbocycles. The van der Waals surface area contributed by atoms with E-state index in [1.54, 1.807) is 7.11 Å². The molecule has 0 bridgehead atoms. The molecule has 3 atom stereocenters. The molecule has 3 unspecified atom stereocenters. The molecule has 106 valence electrons. The van der Waals surface area contributed by atoms with E-state index in [0.29, 0.717) is 18.4 Å². The Morgan fingerprint density at radius 1 is 1.50 bits per heavy atom. The minimum absolute atomic E-state index is 0.278. The van der Waals surface area contributed by atoms with Crippen LogP contribution in [0.3, 0.4) is 0 Å². The fourth-order valence-corrected chi connectivity index (χ4v) is 2.82. The van der Waals surface area contributed by atoms with Gasteiger partial charge in [0.05, 0.1) is 0 Å². The van der Waals surface area contributed by atoms with E-state index in [4.69, 9.17) is 9.84 Å². The number of nitrogens with zero attached hydrogens (tertiary/aromatic N) is 1. The Kier molecular flexibility index (Phi) is 6.65. The van der Waals surface area contributed by atoms with Gasteiger partial charge in [0.1, 0.15) is 0 Å². The number of carboxylic acid groups (broad SMARTS) is 1. The van der Waals surface area contributed by atoms with Crippen LogP contribution in [-0.2, 0) is 9.53 Å². The Morgan fingerprint density at radius 3 is 2.83 bits per heavy atom. The van der Waals surface area contributed by atoms with Crippen molar-refractivity contribution in [1.29, 1.82) is 0 Å². The van der Waals surface area contributed by atoms with Crippen molar-refractivity contribution in [1.82, 2.24) is 4.90 Å². The van der Waals surface area contributed by atoms with Crippen molar-refractivity contribution in [2.45, 2.75) is 45.6 Å². The number of aliphatic carboxylic acids is 1. The Labute approximate surface area is 110 Å². The number of carbonyl (C=O) groups is 1. The number of hydrogen-bond donors (Lipinski definition) is 1.